The lowest BCUT2D eigenvalue weighted by molar-refractivity contribution is -0.401. The number of carbonyl (C=O) groups excluding carboxylic acids is 2. The third-order valence-corrected chi connectivity index (χ3v) is 5.46. The van der Waals surface area contributed by atoms with Crippen molar-refractivity contribution in [3.63, 3.8) is 0 Å². The summed E-state index contributed by atoms with van der Waals surface area (Å²) in [5.41, 5.74) is -3.58. The second kappa shape index (κ2) is 12.9. The van der Waals surface area contributed by atoms with E-state index in [1.807, 2.05) is 0 Å². The molecule has 40 heavy (non-hydrogen) atoms. The third-order valence-electron chi connectivity index (χ3n) is 5.46. The summed E-state index contributed by atoms with van der Waals surface area (Å²) in [4.78, 5) is 68.1. The summed E-state index contributed by atoms with van der Waals surface area (Å²) in [7, 11) is 0. The molecule has 0 heterocycles. The average molecular weight is 564 g/mol. The Labute approximate surface area is 224 Å². The van der Waals surface area contributed by atoms with Crippen LogP contribution in [0.2, 0.25) is 0 Å². The fourth-order valence-corrected chi connectivity index (χ4v) is 3.46. The maximum atomic E-state index is 13.4. The number of carboxylic acid groups (broad SMARTS) is 1. The number of carboxylic acids is 1. The molecule has 3 atom stereocenters. The third kappa shape index (κ3) is 7.81. The van der Waals surface area contributed by atoms with Gasteiger partial charge in [0, 0.05) is 6.42 Å². The van der Waals surface area contributed by atoms with Crippen LogP contribution in [-0.4, -0.2) is 66.2 Å². The number of non-ortho nitro benzene ring substituents is 1. The number of aliphatic hydroxyl groups excluding tert-OH is 1. The van der Waals surface area contributed by atoms with Crippen LogP contribution in [0.3, 0.4) is 0 Å². The zero-order chi connectivity index (χ0) is 30.3. The van der Waals surface area contributed by atoms with E-state index in [1.165, 1.54) is 38.1 Å². The summed E-state index contributed by atoms with van der Waals surface area (Å²) < 4.78 is 0. The fourth-order valence-electron chi connectivity index (χ4n) is 3.46. The first-order chi connectivity index (χ1) is 18.6. The fraction of sp³-hybridized carbons (Fsp3) is 0.318. The molecule has 0 unspecified atom stereocenters. The smallest absolute Gasteiger partial charge is 0.353 e. The zero-order valence-corrected chi connectivity index (χ0v) is 20.8. The summed E-state index contributed by atoms with van der Waals surface area (Å²) in [6, 6.07) is 3.22. The average Bonchev–Trinajstić information content (AvgIpc) is 2.86. The highest BCUT2D eigenvalue weighted by molar-refractivity contribution is 5.93. The molecule has 18 nitrogen and oxygen atoms in total. The normalized spacial score (nSPS) is 13.0. The van der Waals surface area contributed by atoms with Crippen molar-refractivity contribution in [3.05, 3.63) is 72.3 Å². The number of nitro benzene ring substituents is 3. The van der Waals surface area contributed by atoms with Crippen LogP contribution in [0.25, 0.3) is 0 Å². The number of hydrogen-bond donors (Lipinski definition) is 6. The molecule has 0 aromatic heterocycles. The van der Waals surface area contributed by atoms with Gasteiger partial charge in [-0.1, -0.05) is 26.0 Å². The van der Waals surface area contributed by atoms with Crippen LogP contribution in [-0.2, 0) is 20.8 Å². The van der Waals surface area contributed by atoms with Crippen molar-refractivity contribution < 1.29 is 44.5 Å². The maximum Gasteiger partial charge on any atom is 0.353 e. The van der Waals surface area contributed by atoms with Gasteiger partial charge in [0.1, 0.15) is 17.8 Å². The van der Waals surface area contributed by atoms with Crippen molar-refractivity contribution in [2.75, 3.05) is 5.32 Å². The number of nitrogens with zero attached hydrogens (tertiary/aromatic N) is 3. The predicted molar refractivity (Wildman–Crippen MR) is 134 cm³/mol. The molecule has 2 aromatic rings. The minimum absolute atomic E-state index is 0.132. The highest BCUT2D eigenvalue weighted by Gasteiger charge is 2.35. The highest BCUT2D eigenvalue weighted by Crippen LogP contribution is 2.39. The second-order valence-electron chi connectivity index (χ2n) is 8.68. The minimum atomic E-state index is -2.29. The Kier molecular flexibility index (Phi) is 9.95. The summed E-state index contributed by atoms with van der Waals surface area (Å²) in [5, 5.41) is 68.9. The van der Waals surface area contributed by atoms with Crippen LogP contribution in [0.4, 0.5) is 22.7 Å². The van der Waals surface area contributed by atoms with E-state index >= 15 is 0 Å². The standard InChI is InChI=1S/C22H24N6O12/c1-10(2)17(20(31)25-21(32)22(33)34)24-19(30)14(7-11-3-5-13(29)6-4-11)23-18-15(27(37)38)8-12(26(35)36)9-16(18)28(39)40/h3-6,8-10,14,17,21,23,29,32H,7H2,1-2H3,(H,24,30)(H,25,31)(H,33,34)/t14-,17+,21+/m1/s1. The largest absolute Gasteiger partial charge is 0.508 e. The molecule has 0 aliphatic carbocycles. The number of aromatic hydroxyl groups is 1. The van der Waals surface area contributed by atoms with Crippen LogP contribution in [0.1, 0.15) is 19.4 Å². The Morgan fingerprint density at radius 3 is 1.82 bits per heavy atom. The number of benzene rings is 2. The van der Waals surface area contributed by atoms with Crippen molar-refractivity contribution in [3.8, 4) is 5.75 Å². The van der Waals surface area contributed by atoms with Gasteiger partial charge in [-0.3, -0.25) is 39.9 Å². The van der Waals surface area contributed by atoms with Gasteiger partial charge in [0.2, 0.25) is 18.0 Å². The van der Waals surface area contributed by atoms with Crippen molar-refractivity contribution in [2.45, 2.75) is 38.6 Å². The van der Waals surface area contributed by atoms with Crippen molar-refractivity contribution in [2.24, 2.45) is 5.92 Å². The monoisotopic (exact) mass is 564 g/mol. The van der Waals surface area contributed by atoms with E-state index in [4.69, 9.17) is 5.11 Å². The summed E-state index contributed by atoms with van der Waals surface area (Å²) in [6.07, 6.45) is -2.61. The number of rotatable bonds is 13. The van der Waals surface area contributed by atoms with Gasteiger partial charge >= 0.3 is 17.3 Å². The number of phenolic OH excluding ortho intramolecular Hbond substituents is 1. The molecule has 0 spiro atoms. The molecule has 214 valence electrons. The quantitative estimate of drug-likeness (QED) is 0.112. The van der Waals surface area contributed by atoms with Crippen LogP contribution in [0.5, 0.6) is 5.75 Å². The molecule has 0 fully saturated rings. The second-order valence-corrected chi connectivity index (χ2v) is 8.68. The van der Waals surface area contributed by atoms with E-state index in [0.29, 0.717) is 17.7 Å². The Bertz CT molecular complexity index is 1300. The molecule has 0 radical (unpaired) electrons. The van der Waals surface area contributed by atoms with Crippen molar-refractivity contribution in [1.82, 2.24) is 10.6 Å². The number of aliphatic carboxylic acids is 1. The Morgan fingerprint density at radius 1 is 0.875 bits per heavy atom. The van der Waals surface area contributed by atoms with Gasteiger partial charge in [0.25, 0.3) is 5.69 Å². The lowest BCUT2D eigenvalue weighted by Crippen LogP contribution is -2.56. The molecule has 2 amide bonds. The van der Waals surface area contributed by atoms with E-state index in [0.717, 1.165) is 0 Å². The summed E-state index contributed by atoms with van der Waals surface area (Å²) >= 11 is 0. The van der Waals surface area contributed by atoms with Gasteiger partial charge in [0.05, 0.1) is 26.9 Å². The molecule has 0 bridgehead atoms. The van der Waals surface area contributed by atoms with Crippen molar-refractivity contribution in [1.29, 1.82) is 0 Å². The predicted octanol–water partition coefficient (Wildman–Crippen LogP) is 0.800. The Morgan fingerprint density at radius 2 is 1.40 bits per heavy atom. The lowest BCUT2D eigenvalue weighted by Gasteiger charge is -2.26. The first kappa shape index (κ1) is 30.8. The van der Waals surface area contributed by atoms with Crippen LogP contribution in [0.15, 0.2) is 36.4 Å². The molecule has 6 N–H and O–H groups in total. The first-order valence-electron chi connectivity index (χ1n) is 11.3. The number of nitrogens with one attached hydrogen (secondary N) is 3. The van der Waals surface area contributed by atoms with Gasteiger partial charge in [-0.2, -0.15) is 0 Å². The number of phenols is 1. The number of hydrogen-bond acceptors (Lipinski definition) is 12. The molecule has 0 saturated carbocycles. The first-order valence-corrected chi connectivity index (χ1v) is 11.3. The van der Waals surface area contributed by atoms with Crippen LogP contribution < -0.4 is 16.0 Å². The van der Waals surface area contributed by atoms with Gasteiger partial charge < -0.3 is 31.3 Å². The zero-order valence-electron chi connectivity index (χ0n) is 20.8. The van der Waals surface area contributed by atoms with Crippen LogP contribution in [0, 0.1) is 36.3 Å². The molecular formula is C22H24N6O12. The van der Waals surface area contributed by atoms with E-state index in [1.54, 1.807) is 5.32 Å². The van der Waals surface area contributed by atoms with E-state index in [2.05, 4.69) is 10.6 Å². The Hall–Kier alpha value is -5.39. The number of nitro groups is 3. The van der Waals surface area contributed by atoms with Gasteiger partial charge in [-0.25, -0.2) is 4.79 Å². The Balaban J connectivity index is 2.57. The number of aliphatic hydroxyl groups is 1. The highest BCUT2D eigenvalue weighted by atomic mass is 16.6. The topological polar surface area (TPSA) is 277 Å². The molecule has 2 rings (SSSR count). The van der Waals surface area contributed by atoms with Gasteiger partial charge in [-0.05, 0) is 23.6 Å². The van der Waals surface area contributed by atoms with Gasteiger partial charge in [-0.15, -0.1) is 0 Å². The molecule has 0 saturated heterocycles. The number of carbonyl (C=O) groups is 3. The molecular weight excluding hydrogens is 540 g/mol. The number of amides is 2. The lowest BCUT2D eigenvalue weighted by atomic mass is 10.0. The SMILES string of the molecule is CC(C)[C@H](NC(=O)[C@@H](Cc1ccc(O)cc1)Nc1c([N+](=O)[O-])cc([N+](=O)[O-])cc1[N+](=O)[O-])C(=O)N[C@@H](O)C(=O)O. The van der Waals surface area contributed by atoms with E-state index in [9.17, 15) is 54.9 Å². The molecule has 0 aliphatic heterocycles. The molecule has 18 heteroatoms. The summed E-state index contributed by atoms with van der Waals surface area (Å²) in [6.45, 7) is 2.96. The molecule has 0 aliphatic rings. The number of anilines is 1. The molecule has 2 aromatic carbocycles. The maximum absolute atomic E-state index is 13.4. The van der Waals surface area contributed by atoms with E-state index < -0.39 is 79.5 Å². The van der Waals surface area contributed by atoms with Crippen molar-refractivity contribution >= 4 is 40.5 Å². The van der Waals surface area contributed by atoms with Gasteiger partial charge in [0.15, 0.2) is 5.69 Å². The van der Waals surface area contributed by atoms with Crippen LogP contribution >= 0.6 is 0 Å². The summed E-state index contributed by atoms with van der Waals surface area (Å²) in [5.74, 6) is -4.70. The van der Waals surface area contributed by atoms with E-state index in [-0.39, 0.29) is 12.2 Å². The minimum Gasteiger partial charge on any atom is -0.508 e.